The predicted octanol–water partition coefficient (Wildman–Crippen LogP) is 7.59. The molecule has 146 valence electrons. The lowest BCUT2D eigenvalue weighted by molar-refractivity contribution is -0.107. The summed E-state index contributed by atoms with van der Waals surface area (Å²) in [6.07, 6.45) is 10.0. The van der Waals surface area contributed by atoms with E-state index in [-0.39, 0.29) is 0 Å². The van der Waals surface area contributed by atoms with Gasteiger partial charge < -0.3 is 0 Å². The molecule has 6 aliphatic rings. The van der Waals surface area contributed by atoms with E-state index in [0.29, 0.717) is 10.8 Å². The van der Waals surface area contributed by atoms with Gasteiger partial charge in [0.05, 0.1) is 0 Å². The van der Waals surface area contributed by atoms with Gasteiger partial charge in [0.2, 0.25) is 0 Å². The lowest BCUT2D eigenvalue weighted by atomic mass is 9.20. The van der Waals surface area contributed by atoms with Crippen LogP contribution >= 0.6 is 0 Å². The molecule has 1 heteroatoms. The van der Waals surface area contributed by atoms with Gasteiger partial charge in [-0.25, -0.2) is 0 Å². The zero-order valence-electron chi connectivity index (χ0n) is 18.8. The van der Waals surface area contributed by atoms with Crippen LogP contribution in [-0.4, -0.2) is 6.71 Å². The molecule has 0 unspecified atom stereocenters. The van der Waals surface area contributed by atoms with Gasteiger partial charge in [0.15, 0.2) is 6.71 Å². The highest BCUT2D eigenvalue weighted by molar-refractivity contribution is 6.62. The first kappa shape index (κ1) is 19.1. The van der Waals surface area contributed by atoms with Crippen LogP contribution in [0.15, 0.2) is 11.6 Å². The van der Waals surface area contributed by atoms with Gasteiger partial charge in [0.1, 0.15) is 0 Å². The normalized spacial score (nSPS) is 47.4. The van der Waals surface area contributed by atoms with Crippen LogP contribution in [0.3, 0.4) is 0 Å². The lowest BCUT2D eigenvalue weighted by Gasteiger charge is -2.66. The van der Waals surface area contributed by atoms with E-state index in [1.165, 1.54) is 37.6 Å². The van der Waals surface area contributed by atoms with Crippen LogP contribution in [0.4, 0.5) is 0 Å². The number of rotatable bonds is 4. The molecule has 0 spiro atoms. The van der Waals surface area contributed by atoms with Gasteiger partial charge in [-0.05, 0) is 73.0 Å². The fourth-order valence-corrected chi connectivity index (χ4v) is 8.55. The highest BCUT2D eigenvalue weighted by Crippen LogP contribution is 2.69. The maximum atomic E-state index is 2.63. The number of fused-ring (bicyclic) bond motifs is 4. The van der Waals surface area contributed by atoms with E-state index in [9.17, 15) is 0 Å². The molecule has 8 atom stereocenters. The van der Waals surface area contributed by atoms with E-state index in [0.717, 1.165) is 53.9 Å². The maximum absolute atomic E-state index is 2.63. The van der Waals surface area contributed by atoms with Gasteiger partial charge in [0.25, 0.3) is 0 Å². The third-order valence-electron chi connectivity index (χ3n) is 10.7. The quantitative estimate of drug-likeness (QED) is 0.360. The Morgan fingerprint density at radius 3 is 1.54 bits per heavy atom. The first-order valence-corrected chi connectivity index (χ1v) is 11.7. The van der Waals surface area contributed by atoms with Gasteiger partial charge in [-0.3, -0.25) is 0 Å². The predicted molar refractivity (Wildman–Crippen MR) is 116 cm³/mol. The fraction of sp³-hybridized carbons (Fsp3) is 0.920. The molecule has 0 saturated heterocycles. The van der Waals surface area contributed by atoms with E-state index in [2.05, 4.69) is 61.5 Å². The Bertz CT molecular complexity index is 539. The van der Waals surface area contributed by atoms with E-state index in [1.807, 2.05) is 0 Å². The van der Waals surface area contributed by atoms with Crippen molar-refractivity contribution in [1.29, 1.82) is 0 Å². The van der Waals surface area contributed by atoms with Gasteiger partial charge in [-0.1, -0.05) is 84.0 Å². The van der Waals surface area contributed by atoms with Crippen molar-refractivity contribution in [2.75, 3.05) is 0 Å². The molecule has 0 aromatic rings. The van der Waals surface area contributed by atoms with E-state index < -0.39 is 0 Å². The summed E-state index contributed by atoms with van der Waals surface area (Å²) in [5.41, 5.74) is 2.77. The second-order valence-electron chi connectivity index (χ2n) is 12.4. The average molecular weight is 354 g/mol. The number of allylic oxidation sites excluding steroid dienone is 2. The second-order valence-corrected chi connectivity index (χ2v) is 12.4. The van der Waals surface area contributed by atoms with Gasteiger partial charge in [-0.2, -0.15) is 0 Å². The van der Waals surface area contributed by atoms with Crippen LogP contribution < -0.4 is 0 Å². The van der Waals surface area contributed by atoms with E-state index in [1.54, 1.807) is 0 Å². The molecule has 0 amide bonds. The maximum Gasteiger partial charge on any atom is 0.150 e. The Morgan fingerprint density at radius 1 is 0.808 bits per heavy atom. The van der Waals surface area contributed by atoms with Crippen molar-refractivity contribution in [3.8, 4) is 0 Å². The SMILES string of the molecule is CC(C)=CCB([C@@H]1C[C@@H]2C[C@H]([C@H]1C)C2(C)C)[C@@H]1C[C@@H]2C[C@H]([C@H]1C)C2(C)C. The van der Waals surface area contributed by atoms with Crippen molar-refractivity contribution in [2.24, 2.45) is 46.3 Å². The molecular formula is C25H43B. The third-order valence-corrected chi connectivity index (χ3v) is 10.7. The van der Waals surface area contributed by atoms with E-state index in [4.69, 9.17) is 0 Å². The molecule has 0 nitrogen and oxygen atoms in total. The topological polar surface area (TPSA) is 0 Å². The summed E-state index contributed by atoms with van der Waals surface area (Å²) in [6.45, 7) is 21.0. The van der Waals surface area contributed by atoms with Crippen LogP contribution in [0.5, 0.6) is 0 Å². The van der Waals surface area contributed by atoms with E-state index >= 15 is 0 Å². The molecule has 6 rings (SSSR count). The van der Waals surface area contributed by atoms with Crippen molar-refractivity contribution in [1.82, 2.24) is 0 Å². The number of hydrogen-bond acceptors (Lipinski definition) is 0. The average Bonchev–Trinajstić information content (AvgIpc) is 2.55. The molecule has 0 radical (unpaired) electrons. The zero-order valence-corrected chi connectivity index (χ0v) is 18.8. The molecule has 6 saturated carbocycles. The van der Waals surface area contributed by atoms with Crippen molar-refractivity contribution in [3.63, 3.8) is 0 Å². The Morgan fingerprint density at radius 2 is 1.23 bits per heavy atom. The van der Waals surface area contributed by atoms with Gasteiger partial charge in [-0.15, -0.1) is 0 Å². The van der Waals surface area contributed by atoms with Crippen LogP contribution in [-0.2, 0) is 0 Å². The molecule has 6 aliphatic carbocycles. The summed E-state index contributed by atoms with van der Waals surface area (Å²) in [5, 5.41) is 0. The summed E-state index contributed by atoms with van der Waals surface area (Å²) < 4.78 is 0. The largest absolute Gasteiger partial charge is 0.150 e. The minimum Gasteiger partial charge on any atom is -0.0931 e. The highest BCUT2D eigenvalue weighted by Gasteiger charge is 2.61. The zero-order chi connectivity index (χ0) is 19.0. The summed E-state index contributed by atoms with van der Waals surface area (Å²) in [4.78, 5) is 0. The first-order chi connectivity index (χ1) is 12.0. The van der Waals surface area contributed by atoms with Crippen molar-refractivity contribution < 1.29 is 0 Å². The molecule has 0 aliphatic heterocycles. The van der Waals surface area contributed by atoms with Crippen LogP contribution in [0.25, 0.3) is 0 Å². The Labute approximate surface area is 164 Å². The molecular weight excluding hydrogens is 311 g/mol. The molecule has 0 N–H and O–H groups in total. The molecule has 6 fully saturated rings. The lowest BCUT2D eigenvalue weighted by Crippen LogP contribution is -2.59. The molecule has 4 bridgehead atoms. The summed E-state index contributed by atoms with van der Waals surface area (Å²) in [5.74, 6) is 7.83. The fourth-order valence-electron chi connectivity index (χ4n) is 8.55. The standard InChI is InChI=1S/C25H43B/c1-15(2)9-10-26(22-13-18-11-20(16(22)3)24(18,5)6)23-14-19-12-21(17(23)4)25(19,7)8/h9,16-23H,10-14H2,1-8H3/t16-,17-,18+,19+,20-,21-,22-,23-/m1/s1. The van der Waals surface area contributed by atoms with Crippen LogP contribution in [0.1, 0.15) is 81.1 Å². The van der Waals surface area contributed by atoms with Gasteiger partial charge >= 0.3 is 0 Å². The Kier molecular flexibility index (Phi) is 4.53. The highest BCUT2D eigenvalue weighted by atomic mass is 14.6. The van der Waals surface area contributed by atoms with Crippen molar-refractivity contribution in [3.05, 3.63) is 11.6 Å². The monoisotopic (exact) mass is 354 g/mol. The molecule has 26 heavy (non-hydrogen) atoms. The Hall–Kier alpha value is -0.195. The minimum atomic E-state index is 0.624. The summed E-state index contributed by atoms with van der Waals surface area (Å²) >= 11 is 0. The van der Waals surface area contributed by atoms with Crippen molar-refractivity contribution in [2.45, 2.75) is 99.0 Å². The van der Waals surface area contributed by atoms with Crippen LogP contribution in [0, 0.1) is 46.3 Å². The third kappa shape index (κ3) is 2.62. The van der Waals surface area contributed by atoms with Gasteiger partial charge in [0, 0.05) is 0 Å². The molecule has 0 aromatic carbocycles. The van der Waals surface area contributed by atoms with Crippen molar-refractivity contribution >= 4 is 6.71 Å². The Balaban J connectivity index is 1.57. The smallest absolute Gasteiger partial charge is 0.0931 e. The molecule has 0 aromatic heterocycles. The summed E-state index contributed by atoms with van der Waals surface area (Å²) in [7, 11) is 0. The first-order valence-electron chi connectivity index (χ1n) is 11.7. The molecule has 0 heterocycles. The summed E-state index contributed by atoms with van der Waals surface area (Å²) in [6, 6.07) is 0. The number of hydrogen-bond donors (Lipinski definition) is 0. The van der Waals surface area contributed by atoms with Crippen LogP contribution in [0.2, 0.25) is 18.0 Å². The minimum absolute atomic E-state index is 0.624. The second kappa shape index (κ2) is 6.15.